The van der Waals surface area contributed by atoms with Gasteiger partial charge in [0.25, 0.3) is 0 Å². The number of benzene rings is 1. The Labute approximate surface area is 109 Å². The minimum Gasteiger partial charge on any atom is -0.508 e. The van der Waals surface area contributed by atoms with E-state index in [0.29, 0.717) is 11.8 Å². The molecule has 1 unspecified atom stereocenters. The first-order valence-electron chi connectivity index (χ1n) is 7.29. The van der Waals surface area contributed by atoms with Gasteiger partial charge in [0.1, 0.15) is 5.75 Å². The second-order valence-corrected chi connectivity index (χ2v) is 6.08. The van der Waals surface area contributed by atoms with E-state index in [2.05, 4.69) is 18.3 Å². The zero-order valence-corrected chi connectivity index (χ0v) is 11.2. The average molecular weight is 245 g/mol. The van der Waals surface area contributed by atoms with E-state index in [9.17, 15) is 5.11 Å². The topological polar surface area (TPSA) is 32.3 Å². The van der Waals surface area contributed by atoms with E-state index in [-0.39, 0.29) is 0 Å². The van der Waals surface area contributed by atoms with Crippen LogP contribution in [0.25, 0.3) is 0 Å². The van der Waals surface area contributed by atoms with Crippen molar-refractivity contribution in [2.75, 3.05) is 6.54 Å². The molecule has 18 heavy (non-hydrogen) atoms. The van der Waals surface area contributed by atoms with Crippen LogP contribution in [0.2, 0.25) is 0 Å². The number of phenolic OH excluding ortho intramolecular Hbond substituents is 1. The van der Waals surface area contributed by atoms with E-state index in [1.54, 1.807) is 0 Å². The molecule has 98 valence electrons. The van der Waals surface area contributed by atoms with Crippen LogP contribution in [0.15, 0.2) is 18.2 Å². The lowest BCUT2D eigenvalue weighted by Crippen LogP contribution is -2.36. The molecule has 2 heteroatoms. The molecule has 0 amide bonds. The summed E-state index contributed by atoms with van der Waals surface area (Å²) in [5.74, 6) is 2.06. The van der Waals surface area contributed by atoms with Crippen molar-refractivity contribution in [1.29, 1.82) is 0 Å². The fraction of sp³-hybridized carbons (Fsp3) is 0.625. The molecule has 0 radical (unpaired) electrons. The summed E-state index contributed by atoms with van der Waals surface area (Å²) in [5, 5.41) is 13.4. The summed E-state index contributed by atoms with van der Waals surface area (Å²) in [6.07, 6.45) is 6.46. The summed E-state index contributed by atoms with van der Waals surface area (Å²) in [4.78, 5) is 0. The number of hydrogen-bond donors (Lipinski definition) is 2. The van der Waals surface area contributed by atoms with Crippen molar-refractivity contribution in [1.82, 2.24) is 5.32 Å². The van der Waals surface area contributed by atoms with Crippen LogP contribution in [0.1, 0.15) is 49.8 Å². The first-order valence-corrected chi connectivity index (χ1v) is 7.29. The highest BCUT2D eigenvalue weighted by atomic mass is 16.3. The molecule has 2 N–H and O–H groups in total. The Kier molecular flexibility index (Phi) is 3.29. The Balaban J connectivity index is 1.84. The highest BCUT2D eigenvalue weighted by molar-refractivity contribution is 5.39. The molecule has 3 rings (SSSR count). The molecule has 1 aromatic carbocycles. The Morgan fingerprint density at radius 2 is 1.94 bits per heavy atom. The predicted molar refractivity (Wildman–Crippen MR) is 73.7 cm³/mol. The fourth-order valence-corrected chi connectivity index (χ4v) is 3.61. The van der Waals surface area contributed by atoms with Gasteiger partial charge in [-0.05, 0) is 60.9 Å². The molecule has 2 nitrogen and oxygen atoms in total. The normalized spacial score (nSPS) is 31.9. The van der Waals surface area contributed by atoms with Gasteiger partial charge in [0, 0.05) is 6.04 Å². The monoisotopic (exact) mass is 245 g/mol. The lowest BCUT2D eigenvalue weighted by Gasteiger charge is -2.37. The van der Waals surface area contributed by atoms with Crippen LogP contribution in [-0.4, -0.2) is 11.7 Å². The molecule has 1 aromatic rings. The molecule has 0 bridgehead atoms. The first-order chi connectivity index (χ1) is 8.74. The molecule has 0 spiro atoms. The number of nitrogens with one attached hydrogen (secondary N) is 1. The van der Waals surface area contributed by atoms with Gasteiger partial charge >= 0.3 is 0 Å². The Bertz CT molecular complexity index is 421. The molecule has 1 atom stereocenters. The minimum absolute atomic E-state index is 0.409. The number of phenols is 1. The predicted octanol–water partition coefficient (Wildman–Crippen LogP) is 3.41. The lowest BCUT2D eigenvalue weighted by atomic mass is 9.75. The van der Waals surface area contributed by atoms with Gasteiger partial charge in [-0.25, -0.2) is 0 Å². The average Bonchev–Trinajstić information content (AvgIpc) is 2.39. The number of fused-ring (bicyclic) bond motifs is 1. The fourth-order valence-electron chi connectivity index (χ4n) is 3.61. The van der Waals surface area contributed by atoms with Crippen LogP contribution in [0.4, 0.5) is 0 Å². The first kappa shape index (κ1) is 12.0. The molecule has 1 saturated carbocycles. The number of rotatable bonds is 1. The summed E-state index contributed by atoms with van der Waals surface area (Å²) in [5.41, 5.74) is 2.77. The van der Waals surface area contributed by atoms with Crippen LogP contribution in [0, 0.1) is 11.8 Å². The van der Waals surface area contributed by atoms with E-state index in [1.807, 2.05) is 12.1 Å². The molecule has 0 saturated heterocycles. The van der Waals surface area contributed by atoms with Crippen LogP contribution in [0.3, 0.4) is 0 Å². The van der Waals surface area contributed by atoms with Crippen LogP contribution >= 0.6 is 0 Å². The Hall–Kier alpha value is -1.02. The maximum absolute atomic E-state index is 9.72. The highest BCUT2D eigenvalue weighted by Gasteiger charge is 2.30. The summed E-state index contributed by atoms with van der Waals surface area (Å²) in [6.45, 7) is 3.44. The summed E-state index contributed by atoms with van der Waals surface area (Å²) >= 11 is 0. The largest absolute Gasteiger partial charge is 0.508 e. The highest BCUT2D eigenvalue weighted by Crippen LogP contribution is 2.39. The van der Waals surface area contributed by atoms with Gasteiger partial charge in [-0.3, -0.25) is 0 Å². The SMILES string of the molecule is CC1CCC(C2NCCc3ccc(O)cc32)CC1. The molecule has 2 aliphatic rings. The van der Waals surface area contributed by atoms with Crippen molar-refractivity contribution >= 4 is 0 Å². The van der Waals surface area contributed by atoms with Gasteiger partial charge in [0.2, 0.25) is 0 Å². The summed E-state index contributed by atoms with van der Waals surface area (Å²) in [7, 11) is 0. The molecular formula is C16H23NO. The summed E-state index contributed by atoms with van der Waals surface area (Å²) in [6, 6.07) is 6.37. The van der Waals surface area contributed by atoms with E-state index < -0.39 is 0 Å². The van der Waals surface area contributed by atoms with Crippen LogP contribution < -0.4 is 5.32 Å². The van der Waals surface area contributed by atoms with E-state index in [1.165, 1.54) is 36.8 Å². The van der Waals surface area contributed by atoms with Crippen molar-refractivity contribution in [3.63, 3.8) is 0 Å². The zero-order valence-electron chi connectivity index (χ0n) is 11.2. The van der Waals surface area contributed by atoms with E-state index in [4.69, 9.17) is 0 Å². The Morgan fingerprint density at radius 3 is 2.72 bits per heavy atom. The molecular weight excluding hydrogens is 222 g/mol. The standard InChI is InChI=1S/C16H23NO/c1-11-2-4-13(5-3-11)16-15-10-14(18)7-6-12(15)8-9-17-16/h6-7,10-11,13,16-18H,2-5,8-9H2,1H3. The number of hydrogen-bond acceptors (Lipinski definition) is 2. The smallest absolute Gasteiger partial charge is 0.115 e. The second-order valence-electron chi connectivity index (χ2n) is 6.08. The van der Waals surface area contributed by atoms with Crippen LogP contribution in [-0.2, 0) is 6.42 Å². The number of aromatic hydroxyl groups is 1. The molecule has 1 heterocycles. The van der Waals surface area contributed by atoms with Gasteiger partial charge in [-0.15, -0.1) is 0 Å². The van der Waals surface area contributed by atoms with Gasteiger partial charge in [-0.1, -0.05) is 25.8 Å². The molecule has 0 aromatic heterocycles. The van der Waals surface area contributed by atoms with Gasteiger partial charge in [0.15, 0.2) is 0 Å². The van der Waals surface area contributed by atoms with Crippen molar-refractivity contribution in [2.24, 2.45) is 11.8 Å². The van der Waals surface area contributed by atoms with E-state index >= 15 is 0 Å². The van der Waals surface area contributed by atoms with Gasteiger partial charge in [0.05, 0.1) is 0 Å². The van der Waals surface area contributed by atoms with Gasteiger partial charge < -0.3 is 10.4 Å². The molecule has 1 fully saturated rings. The summed E-state index contributed by atoms with van der Waals surface area (Å²) < 4.78 is 0. The Morgan fingerprint density at radius 1 is 1.17 bits per heavy atom. The minimum atomic E-state index is 0.409. The quantitative estimate of drug-likeness (QED) is 0.794. The third-order valence-corrected chi connectivity index (χ3v) is 4.76. The van der Waals surface area contributed by atoms with Crippen LogP contribution in [0.5, 0.6) is 5.75 Å². The zero-order chi connectivity index (χ0) is 12.5. The lowest BCUT2D eigenvalue weighted by molar-refractivity contribution is 0.226. The maximum atomic E-state index is 9.72. The second kappa shape index (κ2) is 4.93. The van der Waals surface area contributed by atoms with Crippen molar-refractivity contribution < 1.29 is 5.11 Å². The maximum Gasteiger partial charge on any atom is 0.115 e. The van der Waals surface area contributed by atoms with Crippen molar-refractivity contribution in [3.8, 4) is 5.75 Å². The van der Waals surface area contributed by atoms with Crippen molar-refractivity contribution in [2.45, 2.75) is 45.1 Å². The van der Waals surface area contributed by atoms with Crippen molar-refractivity contribution in [3.05, 3.63) is 29.3 Å². The van der Waals surface area contributed by atoms with Gasteiger partial charge in [-0.2, -0.15) is 0 Å². The molecule has 1 aliphatic carbocycles. The van der Waals surface area contributed by atoms with E-state index in [0.717, 1.165) is 24.8 Å². The third-order valence-electron chi connectivity index (χ3n) is 4.76. The molecule has 1 aliphatic heterocycles. The third kappa shape index (κ3) is 2.26.